The summed E-state index contributed by atoms with van der Waals surface area (Å²) in [6, 6.07) is 0.782. The third-order valence-electron chi connectivity index (χ3n) is 4.31. The summed E-state index contributed by atoms with van der Waals surface area (Å²) in [6.45, 7) is 11.9. The van der Waals surface area contributed by atoms with Crippen molar-refractivity contribution in [2.75, 3.05) is 26.2 Å². The molecule has 1 fully saturated rings. The molecule has 1 saturated heterocycles. The van der Waals surface area contributed by atoms with Gasteiger partial charge in [-0.3, -0.25) is 0 Å². The highest BCUT2D eigenvalue weighted by Gasteiger charge is 2.19. The fraction of sp³-hybridized carbons (Fsp3) is 1.00. The van der Waals surface area contributed by atoms with Crippen molar-refractivity contribution < 1.29 is 0 Å². The van der Waals surface area contributed by atoms with Gasteiger partial charge in [0.1, 0.15) is 0 Å². The van der Waals surface area contributed by atoms with Crippen LogP contribution in [0.25, 0.3) is 0 Å². The largest absolute Gasteiger partial charge is 0.317 e. The van der Waals surface area contributed by atoms with Crippen LogP contribution in [0.2, 0.25) is 0 Å². The molecule has 2 unspecified atom stereocenters. The first-order chi connectivity index (χ1) is 8.27. The Hall–Kier alpha value is -0.0800. The Labute approximate surface area is 108 Å². The molecule has 2 nitrogen and oxygen atoms in total. The van der Waals surface area contributed by atoms with Crippen LogP contribution in [0.4, 0.5) is 0 Å². The Morgan fingerprint density at radius 1 is 1.24 bits per heavy atom. The van der Waals surface area contributed by atoms with Gasteiger partial charge < -0.3 is 10.2 Å². The van der Waals surface area contributed by atoms with E-state index in [1.165, 1.54) is 58.2 Å². The van der Waals surface area contributed by atoms with Crippen LogP contribution < -0.4 is 5.32 Å². The van der Waals surface area contributed by atoms with E-state index in [-0.39, 0.29) is 0 Å². The van der Waals surface area contributed by atoms with Crippen molar-refractivity contribution in [1.82, 2.24) is 10.2 Å². The van der Waals surface area contributed by atoms with Crippen LogP contribution in [0.3, 0.4) is 0 Å². The first-order valence-electron chi connectivity index (χ1n) is 7.72. The van der Waals surface area contributed by atoms with Crippen LogP contribution >= 0.6 is 0 Å². The molecule has 0 aromatic carbocycles. The Bertz CT molecular complexity index is 182. The van der Waals surface area contributed by atoms with Crippen molar-refractivity contribution in [3.05, 3.63) is 0 Å². The van der Waals surface area contributed by atoms with Gasteiger partial charge >= 0.3 is 0 Å². The standard InChI is InChI=1S/C15H32N2/c1-4-15-9-7-12-17(13-10-15)14(3)8-6-11-16-5-2/h14-16H,4-13H2,1-3H3. The van der Waals surface area contributed by atoms with E-state index in [0.717, 1.165) is 18.5 Å². The van der Waals surface area contributed by atoms with Crippen LogP contribution in [-0.4, -0.2) is 37.1 Å². The molecule has 1 rings (SSSR count). The molecule has 1 heterocycles. The predicted molar refractivity (Wildman–Crippen MR) is 76.4 cm³/mol. The minimum Gasteiger partial charge on any atom is -0.317 e. The average molecular weight is 240 g/mol. The number of hydrogen-bond donors (Lipinski definition) is 1. The number of hydrogen-bond acceptors (Lipinski definition) is 2. The van der Waals surface area contributed by atoms with Gasteiger partial charge in [0.05, 0.1) is 0 Å². The number of nitrogens with zero attached hydrogens (tertiary/aromatic N) is 1. The van der Waals surface area contributed by atoms with Gasteiger partial charge in [0.25, 0.3) is 0 Å². The third kappa shape index (κ3) is 5.87. The fourth-order valence-electron chi connectivity index (χ4n) is 2.92. The molecule has 0 amide bonds. The van der Waals surface area contributed by atoms with Gasteiger partial charge in [-0.15, -0.1) is 0 Å². The number of likely N-dealkylation sites (tertiary alicyclic amines) is 1. The minimum atomic E-state index is 0.782. The molecule has 0 aromatic rings. The van der Waals surface area contributed by atoms with Gasteiger partial charge in [0.2, 0.25) is 0 Å². The summed E-state index contributed by atoms with van der Waals surface area (Å²) < 4.78 is 0. The lowest BCUT2D eigenvalue weighted by Crippen LogP contribution is -2.34. The lowest BCUT2D eigenvalue weighted by atomic mass is 9.98. The maximum Gasteiger partial charge on any atom is 0.00674 e. The Morgan fingerprint density at radius 3 is 2.76 bits per heavy atom. The summed E-state index contributed by atoms with van der Waals surface area (Å²) in [5.41, 5.74) is 0. The van der Waals surface area contributed by atoms with E-state index in [0.29, 0.717) is 0 Å². The zero-order chi connectivity index (χ0) is 12.5. The van der Waals surface area contributed by atoms with Crippen molar-refractivity contribution in [1.29, 1.82) is 0 Å². The van der Waals surface area contributed by atoms with Gasteiger partial charge in [-0.25, -0.2) is 0 Å². The number of rotatable bonds is 7. The van der Waals surface area contributed by atoms with Gasteiger partial charge in [0, 0.05) is 6.04 Å². The summed E-state index contributed by atoms with van der Waals surface area (Å²) in [7, 11) is 0. The lowest BCUT2D eigenvalue weighted by molar-refractivity contribution is 0.202. The van der Waals surface area contributed by atoms with Crippen LogP contribution in [-0.2, 0) is 0 Å². The highest BCUT2D eigenvalue weighted by Crippen LogP contribution is 2.22. The molecule has 0 spiro atoms. The summed E-state index contributed by atoms with van der Waals surface area (Å²) >= 11 is 0. The summed E-state index contributed by atoms with van der Waals surface area (Å²) in [4.78, 5) is 2.72. The zero-order valence-electron chi connectivity index (χ0n) is 12.2. The second kappa shape index (κ2) is 8.93. The Morgan fingerprint density at radius 2 is 2.06 bits per heavy atom. The normalized spacial score (nSPS) is 24.5. The smallest absolute Gasteiger partial charge is 0.00674 e. The van der Waals surface area contributed by atoms with E-state index >= 15 is 0 Å². The Kier molecular flexibility index (Phi) is 7.87. The number of nitrogens with one attached hydrogen (secondary N) is 1. The molecule has 0 bridgehead atoms. The second-order valence-electron chi connectivity index (χ2n) is 5.59. The van der Waals surface area contributed by atoms with E-state index in [1.807, 2.05) is 0 Å². The van der Waals surface area contributed by atoms with E-state index in [9.17, 15) is 0 Å². The molecule has 0 aliphatic carbocycles. The van der Waals surface area contributed by atoms with Crippen LogP contribution in [0.1, 0.15) is 59.3 Å². The highest BCUT2D eigenvalue weighted by atomic mass is 15.1. The van der Waals surface area contributed by atoms with E-state index < -0.39 is 0 Å². The molecule has 1 aliphatic heterocycles. The van der Waals surface area contributed by atoms with Crippen molar-refractivity contribution in [3.8, 4) is 0 Å². The van der Waals surface area contributed by atoms with Crippen molar-refractivity contribution >= 4 is 0 Å². The molecule has 0 saturated carbocycles. The fourth-order valence-corrected chi connectivity index (χ4v) is 2.92. The molecule has 0 aromatic heterocycles. The zero-order valence-corrected chi connectivity index (χ0v) is 12.2. The van der Waals surface area contributed by atoms with Gasteiger partial charge in [0.15, 0.2) is 0 Å². The van der Waals surface area contributed by atoms with Crippen molar-refractivity contribution in [3.63, 3.8) is 0 Å². The molecule has 2 heteroatoms. The average Bonchev–Trinajstić information content (AvgIpc) is 2.59. The maximum absolute atomic E-state index is 3.42. The van der Waals surface area contributed by atoms with Gasteiger partial charge in [-0.05, 0) is 71.1 Å². The maximum atomic E-state index is 3.42. The monoisotopic (exact) mass is 240 g/mol. The quantitative estimate of drug-likeness (QED) is 0.687. The van der Waals surface area contributed by atoms with Crippen LogP contribution in [0.15, 0.2) is 0 Å². The minimum absolute atomic E-state index is 0.782. The SMILES string of the molecule is CCNCCCC(C)N1CCCC(CC)CC1. The summed E-state index contributed by atoms with van der Waals surface area (Å²) in [5, 5.41) is 3.42. The van der Waals surface area contributed by atoms with Crippen LogP contribution in [0.5, 0.6) is 0 Å². The molecule has 1 N–H and O–H groups in total. The van der Waals surface area contributed by atoms with Gasteiger partial charge in [-0.2, -0.15) is 0 Å². The predicted octanol–water partition coefficient (Wildman–Crippen LogP) is 3.28. The van der Waals surface area contributed by atoms with Gasteiger partial charge in [-0.1, -0.05) is 20.3 Å². The molecule has 102 valence electrons. The molecular formula is C15H32N2. The van der Waals surface area contributed by atoms with Crippen molar-refractivity contribution in [2.45, 2.75) is 65.3 Å². The molecule has 1 aliphatic rings. The first-order valence-corrected chi connectivity index (χ1v) is 7.72. The first kappa shape index (κ1) is 15.0. The van der Waals surface area contributed by atoms with E-state index in [4.69, 9.17) is 0 Å². The molecule has 2 atom stereocenters. The second-order valence-corrected chi connectivity index (χ2v) is 5.59. The summed E-state index contributed by atoms with van der Waals surface area (Å²) in [5.74, 6) is 0.994. The highest BCUT2D eigenvalue weighted by molar-refractivity contribution is 4.74. The van der Waals surface area contributed by atoms with Crippen LogP contribution in [0, 0.1) is 5.92 Å². The topological polar surface area (TPSA) is 15.3 Å². The van der Waals surface area contributed by atoms with E-state index in [2.05, 4.69) is 31.0 Å². The summed E-state index contributed by atoms with van der Waals surface area (Å²) in [6.07, 6.45) is 8.34. The molecular weight excluding hydrogens is 208 g/mol. The lowest BCUT2D eigenvalue weighted by Gasteiger charge is -2.27. The van der Waals surface area contributed by atoms with Crippen molar-refractivity contribution in [2.24, 2.45) is 5.92 Å². The molecule has 17 heavy (non-hydrogen) atoms. The molecule has 0 radical (unpaired) electrons. The Balaban J connectivity index is 2.19. The third-order valence-corrected chi connectivity index (χ3v) is 4.31. The van der Waals surface area contributed by atoms with E-state index in [1.54, 1.807) is 0 Å².